The molecular formula is C14H18O5. The molecule has 5 nitrogen and oxygen atoms in total. The summed E-state index contributed by atoms with van der Waals surface area (Å²) in [6, 6.07) is 0. The van der Waals surface area contributed by atoms with Crippen molar-refractivity contribution in [2.75, 3.05) is 14.2 Å². The van der Waals surface area contributed by atoms with Gasteiger partial charge >= 0.3 is 11.9 Å². The summed E-state index contributed by atoms with van der Waals surface area (Å²) in [4.78, 5) is 34.7. The Morgan fingerprint density at radius 2 is 1.95 bits per heavy atom. The van der Waals surface area contributed by atoms with Crippen molar-refractivity contribution in [2.45, 2.75) is 19.3 Å². The van der Waals surface area contributed by atoms with Gasteiger partial charge in [-0.1, -0.05) is 24.3 Å². The van der Waals surface area contributed by atoms with Gasteiger partial charge in [0, 0.05) is 6.42 Å². The number of ether oxygens (including phenoxy) is 2. The Hall–Kier alpha value is -1.91. The second-order valence-electron chi connectivity index (χ2n) is 4.52. The average molecular weight is 266 g/mol. The minimum atomic E-state index is -1.34. The summed E-state index contributed by atoms with van der Waals surface area (Å²) in [6.07, 6.45) is 4.79. The molecule has 1 aliphatic rings. The molecule has 0 N–H and O–H groups in total. The second kappa shape index (κ2) is 6.31. The number of rotatable bonds is 5. The van der Waals surface area contributed by atoms with E-state index in [0.717, 1.165) is 11.9 Å². The molecule has 0 aromatic rings. The van der Waals surface area contributed by atoms with E-state index in [1.807, 2.05) is 0 Å². The normalized spacial score (nSPS) is 22.8. The quantitative estimate of drug-likeness (QED) is 0.428. The third kappa shape index (κ3) is 2.75. The molecular weight excluding hydrogens is 248 g/mol. The van der Waals surface area contributed by atoms with Crippen LogP contribution < -0.4 is 0 Å². The van der Waals surface area contributed by atoms with Crippen molar-refractivity contribution in [1.29, 1.82) is 0 Å². The topological polar surface area (TPSA) is 69.7 Å². The Kier molecular flexibility index (Phi) is 5.03. The zero-order valence-corrected chi connectivity index (χ0v) is 11.2. The van der Waals surface area contributed by atoms with Gasteiger partial charge < -0.3 is 14.3 Å². The summed E-state index contributed by atoms with van der Waals surface area (Å²) in [6.45, 7) is 3.60. The minimum absolute atomic E-state index is 0.159. The zero-order valence-electron chi connectivity index (χ0n) is 11.2. The molecule has 0 spiro atoms. The van der Waals surface area contributed by atoms with Crippen molar-refractivity contribution in [3.63, 3.8) is 0 Å². The SMILES string of the molecule is C=C/C=C1/CC(C(=O)OC)(C(=O)OC)CC1CC=O. The fourth-order valence-corrected chi connectivity index (χ4v) is 2.60. The Bertz CT molecular complexity index is 406. The first kappa shape index (κ1) is 15.1. The van der Waals surface area contributed by atoms with Crippen molar-refractivity contribution in [3.05, 3.63) is 24.3 Å². The van der Waals surface area contributed by atoms with Gasteiger partial charge in [-0.3, -0.25) is 9.59 Å². The first-order chi connectivity index (χ1) is 9.05. The maximum atomic E-state index is 12.0. The summed E-state index contributed by atoms with van der Waals surface area (Å²) >= 11 is 0. The van der Waals surface area contributed by atoms with Crippen LogP contribution in [-0.2, 0) is 23.9 Å². The highest BCUT2D eigenvalue weighted by atomic mass is 16.5. The van der Waals surface area contributed by atoms with E-state index in [1.54, 1.807) is 12.2 Å². The lowest BCUT2D eigenvalue weighted by Gasteiger charge is -2.22. The lowest BCUT2D eigenvalue weighted by atomic mass is 9.85. The number of hydrogen-bond acceptors (Lipinski definition) is 5. The van der Waals surface area contributed by atoms with Gasteiger partial charge in [0.05, 0.1) is 14.2 Å². The number of carbonyl (C=O) groups is 3. The number of esters is 2. The third-order valence-electron chi connectivity index (χ3n) is 3.49. The van der Waals surface area contributed by atoms with E-state index in [1.165, 1.54) is 14.2 Å². The first-order valence-electron chi connectivity index (χ1n) is 5.97. The van der Waals surface area contributed by atoms with Gasteiger partial charge in [-0.25, -0.2) is 0 Å². The van der Waals surface area contributed by atoms with Crippen LogP contribution >= 0.6 is 0 Å². The molecule has 1 unspecified atom stereocenters. The monoisotopic (exact) mass is 266 g/mol. The number of aldehydes is 1. The van der Waals surface area contributed by atoms with Gasteiger partial charge in [0.1, 0.15) is 6.29 Å². The molecule has 0 aromatic carbocycles. The summed E-state index contributed by atoms with van der Waals surface area (Å²) in [5.41, 5.74) is -0.496. The Balaban J connectivity index is 3.18. The maximum Gasteiger partial charge on any atom is 0.323 e. The maximum absolute atomic E-state index is 12.0. The molecule has 1 rings (SSSR count). The Labute approximate surface area is 112 Å². The zero-order chi connectivity index (χ0) is 14.5. The van der Waals surface area contributed by atoms with E-state index in [9.17, 15) is 14.4 Å². The molecule has 5 heteroatoms. The minimum Gasteiger partial charge on any atom is -0.468 e. The predicted octanol–water partition coefficient (Wildman–Crippen LogP) is 1.43. The molecule has 1 atom stereocenters. The average Bonchev–Trinajstić information content (AvgIpc) is 2.78. The van der Waals surface area contributed by atoms with Crippen molar-refractivity contribution in [3.8, 4) is 0 Å². The molecule has 1 aliphatic carbocycles. The molecule has 1 fully saturated rings. The number of allylic oxidation sites excluding steroid dienone is 3. The predicted molar refractivity (Wildman–Crippen MR) is 68.2 cm³/mol. The highest BCUT2D eigenvalue weighted by Gasteiger charge is 2.55. The van der Waals surface area contributed by atoms with Gasteiger partial charge in [0.25, 0.3) is 0 Å². The first-order valence-corrected chi connectivity index (χ1v) is 5.97. The smallest absolute Gasteiger partial charge is 0.323 e. The van der Waals surface area contributed by atoms with Gasteiger partial charge in [-0.15, -0.1) is 0 Å². The van der Waals surface area contributed by atoms with E-state index >= 15 is 0 Å². The highest BCUT2D eigenvalue weighted by molar-refractivity contribution is 6.01. The lowest BCUT2D eigenvalue weighted by Crippen LogP contribution is -2.39. The molecule has 19 heavy (non-hydrogen) atoms. The summed E-state index contributed by atoms with van der Waals surface area (Å²) < 4.78 is 9.46. The molecule has 0 radical (unpaired) electrons. The van der Waals surface area contributed by atoms with E-state index in [2.05, 4.69) is 6.58 Å². The van der Waals surface area contributed by atoms with Crippen molar-refractivity contribution in [1.82, 2.24) is 0 Å². The Morgan fingerprint density at radius 3 is 2.37 bits per heavy atom. The van der Waals surface area contributed by atoms with Gasteiger partial charge in [-0.2, -0.15) is 0 Å². The molecule has 0 amide bonds. The van der Waals surface area contributed by atoms with Crippen LogP contribution in [0.15, 0.2) is 24.3 Å². The van der Waals surface area contributed by atoms with Crippen molar-refractivity contribution < 1.29 is 23.9 Å². The molecule has 0 heterocycles. The molecule has 104 valence electrons. The van der Waals surface area contributed by atoms with Gasteiger partial charge in [0.15, 0.2) is 5.41 Å². The third-order valence-corrected chi connectivity index (χ3v) is 3.49. The van der Waals surface area contributed by atoms with Crippen molar-refractivity contribution in [2.24, 2.45) is 11.3 Å². The summed E-state index contributed by atoms with van der Waals surface area (Å²) in [5, 5.41) is 0. The second-order valence-corrected chi connectivity index (χ2v) is 4.52. The number of methoxy groups -OCH3 is 2. The van der Waals surface area contributed by atoms with Crippen LogP contribution in [0.4, 0.5) is 0 Å². The number of carbonyl (C=O) groups excluding carboxylic acids is 3. The van der Waals surface area contributed by atoms with Crippen molar-refractivity contribution >= 4 is 18.2 Å². The van der Waals surface area contributed by atoms with Gasteiger partial charge in [-0.05, 0) is 18.8 Å². The lowest BCUT2D eigenvalue weighted by molar-refractivity contribution is -0.168. The fourth-order valence-electron chi connectivity index (χ4n) is 2.60. The number of hydrogen-bond donors (Lipinski definition) is 0. The van der Waals surface area contributed by atoms with Crippen LogP contribution in [0, 0.1) is 11.3 Å². The van der Waals surface area contributed by atoms with Crippen LogP contribution in [-0.4, -0.2) is 32.4 Å². The summed E-state index contributed by atoms with van der Waals surface area (Å²) in [5.74, 6) is -1.40. The van der Waals surface area contributed by atoms with Crippen LogP contribution in [0.5, 0.6) is 0 Å². The van der Waals surface area contributed by atoms with Gasteiger partial charge in [0.2, 0.25) is 0 Å². The Morgan fingerprint density at radius 1 is 1.37 bits per heavy atom. The van der Waals surface area contributed by atoms with E-state index < -0.39 is 17.4 Å². The molecule has 0 saturated heterocycles. The van der Waals surface area contributed by atoms with Crippen LogP contribution in [0.2, 0.25) is 0 Å². The molecule has 0 bridgehead atoms. The standard InChI is InChI=1S/C14H18O5/c1-4-5-10-8-14(12(16)18-2,13(17)19-3)9-11(10)6-7-15/h4-5,7,11H,1,6,8-9H2,2-3H3/b10-5-. The van der Waals surface area contributed by atoms with E-state index in [4.69, 9.17) is 9.47 Å². The molecule has 0 aromatic heterocycles. The van der Waals surface area contributed by atoms with Crippen LogP contribution in [0.1, 0.15) is 19.3 Å². The molecule has 1 saturated carbocycles. The molecule has 0 aliphatic heterocycles. The van der Waals surface area contributed by atoms with E-state index in [-0.39, 0.29) is 25.2 Å². The largest absolute Gasteiger partial charge is 0.468 e. The fraction of sp³-hybridized carbons (Fsp3) is 0.500. The van der Waals surface area contributed by atoms with Crippen LogP contribution in [0.25, 0.3) is 0 Å². The van der Waals surface area contributed by atoms with Crippen LogP contribution in [0.3, 0.4) is 0 Å². The highest BCUT2D eigenvalue weighted by Crippen LogP contribution is 2.48. The summed E-state index contributed by atoms with van der Waals surface area (Å²) in [7, 11) is 2.47. The van der Waals surface area contributed by atoms with E-state index in [0.29, 0.717) is 0 Å².